The number of ether oxygens (including phenoxy) is 1. The lowest BCUT2D eigenvalue weighted by Crippen LogP contribution is -2.48. The van der Waals surface area contributed by atoms with Crippen molar-refractivity contribution >= 4 is 17.4 Å². The highest BCUT2D eigenvalue weighted by Gasteiger charge is 2.20. The van der Waals surface area contributed by atoms with Crippen molar-refractivity contribution in [2.75, 3.05) is 45.2 Å². The second-order valence-electron chi connectivity index (χ2n) is 7.19. The van der Waals surface area contributed by atoms with E-state index in [4.69, 9.17) is 4.74 Å². The number of ketones is 1. The third-order valence-corrected chi connectivity index (χ3v) is 5.02. The van der Waals surface area contributed by atoms with E-state index in [0.717, 1.165) is 37.5 Å². The fourth-order valence-corrected chi connectivity index (χ4v) is 3.44. The summed E-state index contributed by atoms with van der Waals surface area (Å²) in [6.45, 7) is 5.64. The largest absolute Gasteiger partial charge is 0.496 e. The van der Waals surface area contributed by atoms with Crippen molar-refractivity contribution in [3.63, 3.8) is 0 Å². The maximum atomic E-state index is 13.2. The molecule has 1 aliphatic rings. The van der Waals surface area contributed by atoms with Gasteiger partial charge in [0.25, 0.3) is 0 Å². The number of methoxy groups -OCH3 is 1. The van der Waals surface area contributed by atoms with Gasteiger partial charge in [0.2, 0.25) is 5.91 Å². The second kappa shape index (κ2) is 9.62. The highest BCUT2D eigenvalue weighted by Crippen LogP contribution is 2.22. The Morgan fingerprint density at radius 3 is 2.45 bits per heavy atom. The molecule has 1 heterocycles. The highest BCUT2D eigenvalue weighted by molar-refractivity contribution is 5.94. The molecule has 0 atom stereocenters. The lowest BCUT2D eigenvalue weighted by atomic mass is 10.1. The minimum absolute atomic E-state index is 0.0306. The highest BCUT2D eigenvalue weighted by atomic mass is 19.1. The Kier molecular flexibility index (Phi) is 6.95. The second-order valence-corrected chi connectivity index (χ2v) is 7.19. The molecule has 1 amide bonds. The third kappa shape index (κ3) is 5.85. The molecule has 0 saturated carbocycles. The first-order valence-corrected chi connectivity index (χ1v) is 9.62. The lowest BCUT2D eigenvalue weighted by Gasteiger charge is -2.34. The quantitative estimate of drug-likeness (QED) is 0.726. The molecule has 0 spiro atoms. The predicted molar refractivity (Wildman–Crippen MR) is 110 cm³/mol. The summed E-state index contributed by atoms with van der Waals surface area (Å²) < 4.78 is 18.7. The molecular weight excluding hydrogens is 373 g/mol. The molecule has 0 bridgehead atoms. The van der Waals surface area contributed by atoms with Gasteiger partial charge in [-0.15, -0.1) is 0 Å². The number of nitrogens with zero attached hydrogens (tertiary/aromatic N) is 2. The van der Waals surface area contributed by atoms with E-state index in [1.165, 1.54) is 12.1 Å². The van der Waals surface area contributed by atoms with E-state index in [-0.39, 0.29) is 24.1 Å². The van der Waals surface area contributed by atoms with Gasteiger partial charge in [0, 0.05) is 49.5 Å². The van der Waals surface area contributed by atoms with Gasteiger partial charge in [-0.25, -0.2) is 4.39 Å². The van der Waals surface area contributed by atoms with Crippen molar-refractivity contribution in [2.45, 2.75) is 13.5 Å². The number of carbonyl (C=O) groups is 2. The van der Waals surface area contributed by atoms with E-state index in [2.05, 4.69) is 15.1 Å². The van der Waals surface area contributed by atoms with E-state index in [1.807, 2.05) is 12.1 Å². The molecule has 6 nitrogen and oxygen atoms in total. The molecule has 2 aromatic carbocycles. The molecule has 3 rings (SSSR count). The summed E-state index contributed by atoms with van der Waals surface area (Å²) in [5.41, 5.74) is 2.12. The van der Waals surface area contributed by atoms with Crippen LogP contribution in [-0.2, 0) is 11.3 Å². The number of benzene rings is 2. The Hall–Kier alpha value is -2.77. The van der Waals surface area contributed by atoms with Crippen molar-refractivity contribution in [1.82, 2.24) is 9.80 Å². The molecule has 7 heteroatoms. The van der Waals surface area contributed by atoms with Crippen LogP contribution < -0.4 is 10.1 Å². The van der Waals surface area contributed by atoms with Crippen molar-refractivity contribution in [2.24, 2.45) is 0 Å². The minimum Gasteiger partial charge on any atom is -0.496 e. The van der Waals surface area contributed by atoms with Crippen LogP contribution in [-0.4, -0.2) is 61.3 Å². The summed E-state index contributed by atoms with van der Waals surface area (Å²) in [6.07, 6.45) is 0. The Morgan fingerprint density at radius 2 is 1.79 bits per heavy atom. The summed E-state index contributed by atoms with van der Waals surface area (Å²) in [5, 5.41) is 2.73. The van der Waals surface area contributed by atoms with Gasteiger partial charge in [-0.3, -0.25) is 19.4 Å². The minimum atomic E-state index is -0.374. The summed E-state index contributed by atoms with van der Waals surface area (Å²) in [5.74, 6) is 0.274. The Bertz CT molecular complexity index is 879. The van der Waals surface area contributed by atoms with E-state index >= 15 is 0 Å². The maximum Gasteiger partial charge on any atom is 0.238 e. The number of amides is 1. The van der Waals surface area contributed by atoms with E-state index in [0.29, 0.717) is 17.8 Å². The predicted octanol–water partition coefficient (Wildman–Crippen LogP) is 2.79. The van der Waals surface area contributed by atoms with E-state index in [1.54, 1.807) is 32.2 Å². The molecule has 0 unspecified atom stereocenters. The number of anilines is 1. The van der Waals surface area contributed by atoms with Crippen molar-refractivity contribution in [1.29, 1.82) is 0 Å². The molecule has 1 aliphatic heterocycles. The first kappa shape index (κ1) is 21.0. The zero-order valence-electron chi connectivity index (χ0n) is 16.8. The molecule has 29 heavy (non-hydrogen) atoms. The smallest absolute Gasteiger partial charge is 0.238 e. The zero-order chi connectivity index (χ0) is 20.8. The van der Waals surface area contributed by atoms with Crippen molar-refractivity contribution in [3.05, 3.63) is 59.4 Å². The molecule has 1 fully saturated rings. The topological polar surface area (TPSA) is 61.9 Å². The zero-order valence-corrected chi connectivity index (χ0v) is 16.8. The normalized spacial score (nSPS) is 15.1. The van der Waals surface area contributed by atoms with Crippen LogP contribution in [0.5, 0.6) is 5.75 Å². The van der Waals surface area contributed by atoms with Crippen LogP contribution in [0.1, 0.15) is 22.8 Å². The van der Waals surface area contributed by atoms with Gasteiger partial charge in [-0.2, -0.15) is 0 Å². The number of carbonyl (C=O) groups excluding carboxylic acids is 2. The third-order valence-electron chi connectivity index (χ3n) is 5.02. The number of hydrogen-bond acceptors (Lipinski definition) is 5. The number of nitrogens with one attached hydrogen (secondary N) is 1. The number of halogens is 1. The number of Topliss-reactive ketones (excluding diaryl/α,β-unsaturated/α-hetero) is 1. The van der Waals surface area contributed by atoms with Gasteiger partial charge in [0.1, 0.15) is 11.6 Å². The van der Waals surface area contributed by atoms with Gasteiger partial charge in [-0.1, -0.05) is 6.07 Å². The Balaban J connectivity index is 1.51. The SMILES string of the molecule is COc1ccc(C(C)=O)cc1CN1CCN(CC(=O)Nc2cccc(F)c2)CC1. The van der Waals surface area contributed by atoms with Crippen molar-refractivity contribution < 1.29 is 18.7 Å². The monoisotopic (exact) mass is 399 g/mol. The van der Waals surface area contributed by atoms with Gasteiger partial charge in [0.15, 0.2) is 5.78 Å². The average molecular weight is 399 g/mol. The molecule has 0 radical (unpaired) electrons. The molecular formula is C22H26FN3O3. The van der Waals surface area contributed by atoms with Gasteiger partial charge >= 0.3 is 0 Å². The number of hydrogen-bond donors (Lipinski definition) is 1. The van der Waals surface area contributed by atoms with E-state index in [9.17, 15) is 14.0 Å². The summed E-state index contributed by atoms with van der Waals surface area (Å²) in [7, 11) is 1.63. The fraction of sp³-hybridized carbons (Fsp3) is 0.364. The molecule has 154 valence electrons. The summed E-state index contributed by atoms with van der Waals surface area (Å²) in [6, 6.07) is 11.4. The molecule has 1 saturated heterocycles. The Labute approximate surface area is 170 Å². The van der Waals surface area contributed by atoms with Crippen molar-refractivity contribution in [3.8, 4) is 5.75 Å². The fourth-order valence-electron chi connectivity index (χ4n) is 3.44. The van der Waals surface area contributed by atoms with Crippen LogP contribution in [0.25, 0.3) is 0 Å². The van der Waals surface area contributed by atoms with Crippen LogP contribution in [0.3, 0.4) is 0 Å². The number of piperazine rings is 1. The van der Waals surface area contributed by atoms with Crippen LogP contribution in [0, 0.1) is 5.82 Å². The van der Waals surface area contributed by atoms with Gasteiger partial charge < -0.3 is 10.1 Å². The standard InChI is InChI=1S/C22H26FN3O3/c1-16(27)17-6-7-21(29-2)18(12-17)14-25-8-10-26(11-9-25)15-22(28)24-20-5-3-4-19(23)13-20/h3-7,12-13H,8-11,14-15H2,1-2H3,(H,24,28). The van der Waals surface area contributed by atoms with E-state index < -0.39 is 0 Å². The average Bonchev–Trinajstić information content (AvgIpc) is 2.69. The maximum absolute atomic E-state index is 13.2. The molecule has 0 aliphatic carbocycles. The summed E-state index contributed by atoms with van der Waals surface area (Å²) in [4.78, 5) is 28.2. The first-order valence-electron chi connectivity index (χ1n) is 9.62. The van der Waals surface area contributed by atoms with Crippen LogP contribution in [0.15, 0.2) is 42.5 Å². The number of rotatable bonds is 7. The van der Waals surface area contributed by atoms with Gasteiger partial charge in [-0.05, 0) is 43.3 Å². The van der Waals surface area contributed by atoms with Crippen LogP contribution in [0.2, 0.25) is 0 Å². The Morgan fingerprint density at radius 1 is 1.07 bits per heavy atom. The molecule has 1 N–H and O–H groups in total. The van der Waals surface area contributed by atoms with Gasteiger partial charge in [0.05, 0.1) is 13.7 Å². The molecule has 0 aromatic heterocycles. The van der Waals surface area contributed by atoms with Crippen LogP contribution in [0.4, 0.5) is 10.1 Å². The first-order chi connectivity index (χ1) is 13.9. The summed E-state index contributed by atoms with van der Waals surface area (Å²) >= 11 is 0. The molecule has 2 aromatic rings. The lowest BCUT2D eigenvalue weighted by molar-refractivity contribution is -0.117. The van der Waals surface area contributed by atoms with Crippen LogP contribution >= 0.6 is 0 Å².